The molecule has 9 heteroatoms. The van der Waals surface area contributed by atoms with Crippen molar-refractivity contribution in [1.29, 1.82) is 0 Å². The maximum Gasteiger partial charge on any atom is 0.330 e. The van der Waals surface area contributed by atoms with Crippen LogP contribution in [0.1, 0.15) is 6.92 Å². The topological polar surface area (TPSA) is 148 Å². The van der Waals surface area contributed by atoms with Crippen molar-refractivity contribution in [1.82, 2.24) is 10.6 Å². The Kier molecular flexibility index (Phi) is 7.60. The molecule has 112 valence electrons. The SMILES string of the molecule is COC(=O)/C=C\C(=O)NC[C@H](N)C(=O)N[C@@H](C)C(=O)O. The molecule has 0 saturated heterocycles. The highest BCUT2D eigenvalue weighted by atomic mass is 16.5. The molecular weight excluding hydrogens is 270 g/mol. The van der Waals surface area contributed by atoms with Crippen LogP contribution >= 0.6 is 0 Å². The number of carboxylic acid groups (broad SMARTS) is 1. The van der Waals surface area contributed by atoms with E-state index in [9.17, 15) is 19.2 Å². The number of carboxylic acids is 1. The molecule has 5 N–H and O–H groups in total. The minimum atomic E-state index is -1.20. The Hall–Kier alpha value is -2.42. The van der Waals surface area contributed by atoms with Gasteiger partial charge in [0.2, 0.25) is 11.8 Å². The van der Waals surface area contributed by atoms with Gasteiger partial charge in [0.15, 0.2) is 0 Å². The molecule has 9 nitrogen and oxygen atoms in total. The van der Waals surface area contributed by atoms with Crippen molar-refractivity contribution in [3.8, 4) is 0 Å². The van der Waals surface area contributed by atoms with Gasteiger partial charge in [0.1, 0.15) is 12.1 Å². The molecule has 0 aromatic rings. The van der Waals surface area contributed by atoms with Crippen LogP contribution in [0.5, 0.6) is 0 Å². The fraction of sp³-hybridized carbons (Fsp3) is 0.455. The maximum atomic E-state index is 11.4. The molecule has 0 spiro atoms. The maximum absolute atomic E-state index is 11.4. The van der Waals surface area contributed by atoms with E-state index in [1.165, 1.54) is 6.92 Å². The number of hydrogen-bond donors (Lipinski definition) is 4. The van der Waals surface area contributed by atoms with Crippen LogP contribution in [0, 0.1) is 0 Å². The molecule has 0 aliphatic heterocycles. The molecule has 0 fully saturated rings. The normalized spacial score (nSPS) is 13.3. The first-order valence-corrected chi connectivity index (χ1v) is 5.60. The molecule has 0 unspecified atom stereocenters. The smallest absolute Gasteiger partial charge is 0.330 e. The van der Waals surface area contributed by atoms with Crippen molar-refractivity contribution >= 4 is 23.8 Å². The summed E-state index contributed by atoms with van der Waals surface area (Å²) in [5.41, 5.74) is 5.46. The van der Waals surface area contributed by atoms with E-state index in [0.29, 0.717) is 0 Å². The number of esters is 1. The number of aliphatic carboxylic acids is 1. The molecule has 20 heavy (non-hydrogen) atoms. The van der Waals surface area contributed by atoms with E-state index in [0.717, 1.165) is 19.3 Å². The molecule has 0 aliphatic carbocycles. The number of amides is 2. The lowest BCUT2D eigenvalue weighted by atomic mass is 10.2. The van der Waals surface area contributed by atoms with E-state index in [4.69, 9.17) is 10.8 Å². The summed E-state index contributed by atoms with van der Waals surface area (Å²) in [7, 11) is 1.16. The van der Waals surface area contributed by atoms with Crippen molar-refractivity contribution < 1.29 is 29.0 Å². The minimum absolute atomic E-state index is 0.206. The van der Waals surface area contributed by atoms with Gasteiger partial charge in [-0.3, -0.25) is 14.4 Å². The monoisotopic (exact) mass is 287 g/mol. The lowest BCUT2D eigenvalue weighted by Crippen LogP contribution is -2.51. The first kappa shape index (κ1) is 17.6. The van der Waals surface area contributed by atoms with Crippen molar-refractivity contribution in [3.05, 3.63) is 12.2 Å². The third-order valence-electron chi connectivity index (χ3n) is 2.13. The first-order chi connectivity index (χ1) is 9.27. The van der Waals surface area contributed by atoms with Crippen molar-refractivity contribution in [2.45, 2.75) is 19.0 Å². The molecule has 0 bridgehead atoms. The Morgan fingerprint density at radius 3 is 2.40 bits per heavy atom. The van der Waals surface area contributed by atoms with Gasteiger partial charge in [-0.05, 0) is 6.92 Å². The summed E-state index contributed by atoms with van der Waals surface area (Å²) in [6.45, 7) is 1.08. The molecule has 2 atom stereocenters. The Bertz CT molecular complexity index is 420. The predicted molar refractivity (Wildman–Crippen MR) is 67.4 cm³/mol. The average Bonchev–Trinajstić information content (AvgIpc) is 2.41. The van der Waals surface area contributed by atoms with Gasteiger partial charge < -0.3 is 26.2 Å². The van der Waals surface area contributed by atoms with Gasteiger partial charge in [-0.2, -0.15) is 0 Å². The van der Waals surface area contributed by atoms with Crippen LogP contribution in [-0.4, -0.2) is 54.6 Å². The zero-order valence-corrected chi connectivity index (χ0v) is 11.1. The molecule has 0 rings (SSSR count). The molecule has 0 saturated carbocycles. The van der Waals surface area contributed by atoms with Crippen LogP contribution in [0.25, 0.3) is 0 Å². The number of nitrogens with two attached hydrogens (primary N) is 1. The van der Waals surface area contributed by atoms with Crippen molar-refractivity contribution in [2.75, 3.05) is 13.7 Å². The molecule has 0 radical (unpaired) electrons. The van der Waals surface area contributed by atoms with Crippen LogP contribution in [0.2, 0.25) is 0 Å². The van der Waals surface area contributed by atoms with Crippen LogP contribution in [0.15, 0.2) is 12.2 Å². The predicted octanol–water partition coefficient (Wildman–Crippen LogP) is -2.25. The van der Waals surface area contributed by atoms with Gasteiger partial charge in [0, 0.05) is 18.7 Å². The summed E-state index contributed by atoms with van der Waals surface area (Å²) in [6.07, 6.45) is 1.84. The quantitative estimate of drug-likeness (QED) is 0.305. The Morgan fingerprint density at radius 2 is 1.90 bits per heavy atom. The standard InChI is InChI=1S/C11H17N3O6/c1-6(11(18)19)14-10(17)7(12)5-13-8(15)3-4-9(16)20-2/h3-4,6-7H,5,12H2,1-2H3,(H,13,15)(H,14,17)(H,18,19)/b4-3-/t6-,7-/m0/s1. The Balaban J connectivity index is 4.15. The van der Waals surface area contributed by atoms with E-state index < -0.39 is 35.8 Å². The van der Waals surface area contributed by atoms with Crippen molar-refractivity contribution in [2.24, 2.45) is 5.73 Å². The Labute approximate surface area is 115 Å². The lowest BCUT2D eigenvalue weighted by molar-refractivity contribution is -0.141. The Morgan fingerprint density at radius 1 is 1.30 bits per heavy atom. The number of hydrogen-bond acceptors (Lipinski definition) is 6. The summed E-state index contributed by atoms with van der Waals surface area (Å²) in [5, 5.41) is 13.0. The number of rotatable bonds is 7. The molecule has 0 aliphatic rings. The highest BCUT2D eigenvalue weighted by Crippen LogP contribution is 1.85. The summed E-state index contributed by atoms with van der Waals surface area (Å²) in [4.78, 5) is 43.9. The molecule has 0 aromatic heterocycles. The third kappa shape index (κ3) is 7.11. The second kappa shape index (κ2) is 8.64. The lowest BCUT2D eigenvalue weighted by Gasteiger charge is -2.14. The third-order valence-corrected chi connectivity index (χ3v) is 2.13. The molecular formula is C11H17N3O6. The fourth-order valence-electron chi connectivity index (χ4n) is 0.956. The van der Waals surface area contributed by atoms with Crippen LogP contribution in [0.4, 0.5) is 0 Å². The number of methoxy groups -OCH3 is 1. The van der Waals surface area contributed by atoms with E-state index in [2.05, 4.69) is 15.4 Å². The largest absolute Gasteiger partial charge is 0.480 e. The summed E-state index contributed by atoms with van der Waals surface area (Å²) in [6, 6.07) is -2.18. The van der Waals surface area contributed by atoms with Gasteiger partial charge in [-0.15, -0.1) is 0 Å². The van der Waals surface area contributed by atoms with Crippen LogP contribution < -0.4 is 16.4 Å². The molecule has 0 aromatic carbocycles. The number of carbonyl (C=O) groups is 4. The first-order valence-electron chi connectivity index (χ1n) is 5.60. The van der Waals surface area contributed by atoms with Gasteiger partial charge in [0.25, 0.3) is 0 Å². The van der Waals surface area contributed by atoms with E-state index >= 15 is 0 Å². The number of carbonyl (C=O) groups excluding carboxylic acids is 3. The highest BCUT2D eigenvalue weighted by molar-refractivity contribution is 5.95. The minimum Gasteiger partial charge on any atom is -0.480 e. The van der Waals surface area contributed by atoms with Crippen molar-refractivity contribution in [3.63, 3.8) is 0 Å². The van der Waals surface area contributed by atoms with E-state index in [1.54, 1.807) is 0 Å². The zero-order chi connectivity index (χ0) is 15.7. The van der Waals surface area contributed by atoms with Crippen LogP contribution in [0.3, 0.4) is 0 Å². The van der Waals surface area contributed by atoms with Gasteiger partial charge >= 0.3 is 11.9 Å². The second-order valence-electron chi connectivity index (χ2n) is 3.78. The number of nitrogens with one attached hydrogen (secondary N) is 2. The average molecular weight is 287 g/mol. The van der Waals surface area contributed by atoms with Gasteiger partial charge in [0.05, 0.1) is 7.11 Å². The van der Waals surface area contributed by atoms with E-state index in [-0.39, 0.29) is 6.54 Å². The molecule has 0 heterocycles. The summed E-state index contributed by atoms with van der Waals surface area (Å²) in [5.74, 6) is -3.24. The van der Waals surface area contributed by atoms with Gasteiger partial charge in [-0.1, -0.05) is 0 Å². The highest BCUT2D eigenvalue weighted by Gasteiger charge is 2.19. The summed E-state index contributed by atoms with van der Waals surface area (Å²) < 4.78 is 4.28. The fourth-order valence-corrected chi connectivity index (χ4v) is 0.956. The summed E-state index contributed by atoms with van der Waals surface area (Å²) >= 11 is 0. The van der Waals surface area contributed by atoms with Crippen LogP contribution in [-0.2, 0) is 23.9 Å². The zero-order valence-electron chi connectivity index (χ0n) is 11.1. The van der Waals surface area contributed by atoms with E-state index in [1.807, 2.05) is 0 Å². The second-order valence-corrected chi connectivity index (χ2v) is 3.78. The molecule has 2 amide bonds. The number of ether oxygens (including phenoxy) is 1. The van der Waals surface area contributed by atoms with Gasteiger partial charge in [-0.25, -0.2) is 4.79 Å².